The Balaban J connectivity index is 1.57. The number of rotatable bonds is 6. The van der Waals surface area contributed by atoms with E-state index in [-0.39, 0.29) is 12.5 Å². The molecule has 5 heteroatoms. The SMILES string of the molecule is Cc1ccccc1OCC(=O)Nc1ccc(Cc2c(C)nn(C)c2C)cc1. The molecule has 0 atom stereocenters. The molecule has 1 aromatic heterocycles. The highest BCUT2D eigenvalue weighted by atomic mass is 16.5. The molecule has 140 valence electrons. The van der Waals surface area contributed by atoms with E-state index in [0.29, 0.717) is 0 Å². The van der Waals surface area contributed by atoms with Gasteiger partial charge in [0, 0.05) is 30.4 Å². The Hall–Kier alpha value is -3.08. The summed E-state index contributed by atoms with van der Waals surface area (Å²) in [4.78, 5) is 12.1. The highest BCUT2D eigenvalue weighted by Crippen LogP contribution is 2.19. The molecule has 27 heavy (non-hydrogen) atoms. The molecule has 1 N–H and O–H groups in total. The van der Waals surface area contributed by atoms with Crippen molar-refractivity contribution in [1.82, 2.24) is 9.78 Å². The van der Waals surface area contributed by atoms with Crippen LogP contribution < -0.4 is 10.1 Å². The van der Waals surface area contributed by atoms with Gasteiger partial charge in [-0.2, -0.15) is 5.10 Å². The average molecular weight is 363 g/mol. The fourth-order valence-electron chi connectivity index (χ4n) is 3.04. The minimum Gasteiger partial charge on any atom is -0.483 e. The zero-order valence-electron chi connectivity index (χ0n) is 16.2. The molecule has 0 saturated heterocycles. The minimum atomic E-state index is -0.176. The molecule has 0 fully saturated rings. The first-order valence-electron chi connectivity index (χ1n) is 9.00. The molecule has 0 aliphatic rings. The molecule has 2 aromatic carbocycles. The number of nitrogens with zero attached hydrogens (tertiary/aromatic N) is 2. The second-order valence-electron chi connectivity index (χ2n) is 6.75. The lowest BCUT2D eigenvalue weighted by Crippen LogP contribution is -2.20. The molecule has 0 spiro atoms. The highest BCUT2D eigenvalue weighted by molar-refractivity contribution is 5.91. The summed E-state index contributed by atoms with van der Waals surface area (Å²) in [5.74, 6) is 0.551. The number of ether oxygens (including phenoxy) is 1. The first-order valence-corrected chi connectivity index (χ1v) is 9.00. The van der Waals surface area contributed by atoms with E-state index in [2.05, 4.69) is 17.3 Å². The van der Waals surface area contributed by atoms with Crippen LogP contribution in [0.3, 0.4) is 0 Å². The summed E-state index contributed by atoms with van der Waals surface area (Å²) in [6, 6.07) is 15.6. The molecule has 3 rings (SSSR count). The van der Waals surface area contributed by atoms with Gasteiger partial charge in [-0.05, 0) is 50.1 Å². The van der Waals surface area contributed by atoms with Gasteiger partial charge >= 0.3 is 0 Å². The van der Waals surface area contributed by atoms with Crippen molar-refractivity contribution < 1.29 is 9.53 Å². The Morgan fingerprint density at radius 1 is 1.07 bits per heavy atom. The molecule has 0 aliphatic heterocycles. The van der Waals surface area contributed by atoms with Crippen LogP contribution in [0.25, 0.3) is 0 Å². The number of amides is 1. The van der Waals surface area contributed by atoms with Gasteiger partial charge in [0.05, 0.1) is 5.69 Å². The van der Waals surface area contributed by atoms with Crippen molar-refractivity contribution in [3.8, 4) is 5.75 Å². The number of hydrogen-bond acceptors (Lipinski definition) is 3. The second kappa shape index (κ2) is 8.08. The third-order valence-electron chi connectivity index (χ3n) is 4.73. The van der Waals surface area contributed by atoms with E-state index < -0.39 is 0 Å². The van der Waals surface area contributed by atoms with E-state index in [1.807, 2.05) is 74.1 Å². The summed E-state index contributed by atoms with van der Waals surface area (Å²) in [5, 5.41) is 7.33. The van der Waals surface area contributed by atoms with E-state index in [9.17, 15) is 4.79 Å². The summed E-state index contributed by atoms with van der Waals surface area (Å²) in [6.07, 6.45) is 0.829. The van der Waals surface area contributed by atoms with E-state index in [1.54, 1.807) is 0 Å². The van der Waals surface area contributed by atoms with Crippen molar-refractivity contribution in [2.75, 3.05) is 11.9 Å². The Labute approximate surface area is 160 Å². The molecule has 1 amide bonds. The normalized spacial score (nSPS) is 10.7. The molecule has 1 heterocycles. The minimum absolute atomic E-state index is 0.0132. The van der Waals surface area contributed by atoms with E-state index in [4.69, 9.17) is 4.74 Å². The number of nitrogens with one attached hydrogen (secondary N) is 1. The summed E-state index contributed by atoms with van der Waals surface area (Å²) in [5.41, 5.74) is 6.44. The zero-order chi connectivity index (χ0) is 19.4. The number of anilines is 1. The van der Waals surface area contributed by atoms with Gasteiger partial charge in [-0.1, -0.05) is 30.3 Å². The molecule has 0 aliphatic carbocycles. The maximum atomic E-state index is 12.1. The van der Waals surface area contributed by atoms with E-state index in [1.165, 1.54) is 16.8 Å². The Kier molecular flexibility index (Phi) is 5.60. The number of carbonyl (C=O) groups is 1. The van der Waals surface area contributed by atoms with Crippen molar-refractivity contribution in [3.05, 3.63) is 76.6 Å². The molecular weight excluding hydrogens is 338 g/mol. The van der Waals surface area contributed by atoms with Gasteiger partial charge in [0.15, 0.2) is 6.61 Å². The number of aromatic nitrogens is 2. The van der Waals surface area contributed by atoms with Crippen LogP contribution in [0.2, 0.25) is 0 Å². The van der Waals surface area contributed by atoms with Crippen molar-refractivity contribution in [2.24, 2.45) is 7.05 Å². The van der Waals surface area contributed by atoms with Crippen LogP contribution in [0.5, 0.6) is 5.75 Å². The van der Waals surface area contributed by atoms with E-state index in [0.717, 1.165) is 29.1 Å². The number of carbonyl (C=O) groups excluding carboxylic acids is 1. The average Bonchev–Trinajstić information content (AvgIpc) is 2.89. The fourth-order valence-corrected chi connectivity index (χ4v) is 3.04. The lowest BCUT2D eigenvalue weighted by atomic mass is 10.0. The van der Waals surface area contributed by atoms with Gasteiger partial charge < -0.3 is 10.1 Å². The Morgan fingerprint density at radius 2 is 1.78 bits per heavy atom. The standard InChI is InChI=1S/C22H25N3O2/c1-15-7-5-6-8-21(15)27-14-22(26)23-19-11-9-18(10-12-19)13-20-16(2)24-25(4)17(20)3/h5-12H,13-14H2,1-4H3,(H,23,26). The van der Waals surface area contributed by atoms with Crippen LogP contribution in [0.15, 0.2) is 48.5 Å². The molecule has 0 saturated carbocycles. The largest absolute Gasteiger partial charge is 0.483 e. The third-order valence-corrected chi connectivity index (χ3v) is 4.73. The summed E-state index contributed by atoms with van der Waals surface area (Å²) in [7, 11) is 1.96. The highest BCUT2D eigenvalue weighted by Gasteiger charge is 2.10. The topological polar surface area (TPSA) is 56.1 Å². The summed E-state index contributed by atoms with van der Waals surface area (Å²) < 4.78 is 7.49. The number of hydrogen-bond donors (Lipinski definition) is 1. The zero-order valence-corrected chi connectivity index (χ0v) is 16.2. The Bertz CT molecular complexity index is 943. The van der Waals surface area contributed by atoms with Crippen molar-refractivity contribution in [1.29, 1.82) is 0 Å². The van der Waals surface area contributed by atoms with Crippen molar-refractivity contribution >= 4 is 11.6 Å². The van der Waals surface area contributed by atoms with Gasteiger partial charge in [0.25, 0.3) is 5.91 Å². The van der Waals surface area contributed by atoms with Crippen LogP contribution in [0.4, 0.5) is 5.69 Å². The maximum absolute atomic E-state index is 12.1. The van der Waals surface area contributed by atoms with Gasteiger partial charge in [-0.25, -0.2) is 0 Å². The molecule has 0 radical (unpaired) electrons. The van der Waals surface area contributed by atoms with Crippen molar-refractivity contribution in [3.63, 3.8) is 0 Å². The van der Waals surface area contributed by atoms with Gasteiger partial charge in [0.2, 0.25) is 0 Å². The van der Waals surface area contributed by atoms with Gasteiger partial charge in [0.1, 0.15) is 5.75 Å². The molecule has 5 nitrogen and oxygen atoms in total. The predicted molar refractivity (Wildman–Crippen MR) is 107 cm³/mol. The van der Waals surface area contributed by atoms with Crippen LogP contribution in [-0.2, 0) is 18.3 Å². The van der Waals surface area contributed by atoms with Gasteiger partial charge in [-0.15, -0.1) is 0 Å². The monoisotopic (exact) mass is 363 g/mol. The van der Waals surface area contributed by atoms with Gasteiger partial charge in [-0.3, -0.25) is 9.48 Å². The molecule has 0 unspecified atom stereocenters. The smallest absolute Gasteiger partial charge is 0.262 e. The summed E-state index contributed by atoms with van der Waals surface area (Å²) in [6.45, 7) is 6.06. The lowest BCUT2D eigenvalue weighted by molar-refractivity contribution is -0.118. The first kappa shape index (κ1) is 18.7. The quantitative estimate of drug-likeness (QED) is 0.721. The predicted octanol–water partition coefficient (Wildman–Crippen LogP) is 3.95. The maximum Gasteiger partial charge on any atom is 0.262 e. The number of benzene rings is 2. The fraction of sp³-hybridized carbons (Fsp3) is 0.273. The second-order valence-corrected chi connectivity index (χ2v) is 6.75. The van der Waals surface area contributed by atoms with Crippen LogP contribution in [-0.4, -0.2) is 22.3 Å². The number of para-hydroxylation sites is 1. The lowest BCUT2D eigenvalue weighted by Gasteiger charge is -2.10. The van der Waals surface area contributed by atoms with Crippen LogP contribution in [0.1, 0.15) is 28.1 Å². The molecule has 0 bridgehead atoms. The Morgan fingerprint density at radius 3 is 2.41 bits per heavy atom. The third kappa shape index (κ3) is 4.56. The number of aryl methyl sites for hydroxylation is 3. The van der Waals surface area contributed by atoms with Crippen LogP contribution >= 0.6 is 0 Å². The summed E-state index contributed by atoms with van der Waals surface area (Å²) >= 11 is 0. The van der Waals surface area contributed by atoms with Crippen LogP contribution in [0, 0.1) is 20.8 Å². The van der Waals surface area contributed by atoms with E-state index >= 15 is 0 Å². The molecular formula is C22H25N3O2. The molecule has 3 aromatic rings. The van der Waals surface area contributed by atoms with Crippen molar-refractivity contribution in [2.45, 2.75) is 27.2 Å². The first-order chi connectivity index (χ1) is 12.9.